The van der Waals surface area contributed by atoms with E-state index in [0.717, 1.165) is 12.8 Å². The lowest BCUT2D eigenvalue weighted by Crippen LogP contribution is -2.15. The molecule has 1 aromatic rings. The Morgan fingerprint density at radius 2 is 1.64 bits per heavy atom. The summed E-state index contributed by atoms with van der Waals surface area (Å²) in [4.78, 5) is 11.3. The molecule has 4 nitrogen and oxygen atoms in total. The highest BCUT2D eigenvalue weighted by molar-refractivity contribution is 5.89. The Balaban J connectivity index is 2.19. The Kier molecular flexibility index (Phi) is 9.31. The zero-order valence-corrected chi connectivity index (χ0v) is 13.7. The lowest BCUT2D eigenvalue weighted by molar-refractivity contribution is -0.0246. The molecular formula is C18H28O4. The van der Waals surface area contributed by atoms with Gasteiger partial charge in [0.05, 0.1) is 12.7 Å². The average Bonchev–Trinajstić information content (AvgIpc) is 2.54. The van der Waals surface area contributed by atoms with Crippen molar-refractivity contribution >= 4 is 5.97 Å². The Labute approximate surface area is 133 Å². The minimum Gasteiger partial charge on any atom is -0.465 e. The molecule has 1 N–H and O–H groups in total. The molecule has 0 saturated carbocycles. The third-order valence-electron chi connectivity index (χ3n) is 3.60. The smallest absolute Gasteiger partial charge is 0.337 e. The monoisotopic (exact) mass is 308 g/mol. The van der Waals surface area contributed by atoms with Crippen LogP contribution in [0.4, 0.5) is 0 Å². The molecule has 0 heterocycles. The molecule has 0 aliphatic carbocycles. The molecule has 0 radical (unpaired) electrons. The summed E-state index contributed by atoms with van der Waals surface area (Å²) >= 11 is 0. The number of aliphatic hydroxyl groups excluding tert-OH is 1. The Morgan fingerprint density at radius 3 is 2.23 bits per heavy atom. The van der Waals surface area contributed by atoms with Gasteiger partial charge in [0, 0.05) is 6.42 Å². The second kappa shape index (κ2) is 11.1. The van der Waals surface area contributed by atoms with Gasteiger partial charge in [-0.3, -0.25) is 0 Å². The number of hydrogen-bond donors (Lipinski definition) is 1. The van der Waals surface area contributed by atoms with Crippen molar-refractivity contribution < 1.29 is 19.4 Å². The molecule has 1 atom stereocenters. The van der Waals surface area contributed by atoms with Gasteiger partial charge in [0.2, 0.25) is 0 Å². The second-order valence-corrected chi connectivity index (χ2v) is 5.50. The van der Waals surface area contributed by atoms with Crippen LogP contribution in [0.5, 0.6) is 5.75 Å². The maximum Gasteiger partial charge on any atom is 0.337 e. The van der Waals surface area contributed by atoms with Gasteiger partial charge in [-0.15, -0.1) is 0 Å². The van der Waals surface area contributed by atoms with Crippen LogP contribution >= 0.6 is 0 Å². The van der Waals surface area contributed by atoms with Crippen LogP contribution < -0.4 is 4.74 Å². The summed E-state index contributed by atoms with van der Waals surface area (Å²) in [5.74, 6) is 0.179. The van der Waals surface area contributed by atoms with Gasteiger partial charge >= 0.3 is 5.97 Å². The van der Waals surface area contributed by atoms with E-state index in [-0.39, 0.29) is 5.97 Å². The highest BCUT2D eigenvalue weighted by Gasteiger charge is 2.08. The normalized spacial score (nSPS) is 12.0. The van der Waals surface area contributed by atoms with E-state index in [1.807, 2.05) is 0 Å². The molecule has 22 heavy (non-hydrogen) atoms. The number of carbonyl (C=O) groups excluding carboxylic acids is 1. The van der Waals surface area contributed by atoms with E-state index >= 15 is 0 Å². The first kappa shape index (κ1) is 18.5. The number of benzene rings is 1. The van der Waals surface area contributed by atoms with Crippen molar-refractivity contribution in [1.29, 1.82) is 0 Å². The standard InChI is InChI=1S/C18H28O4/c1-3-4-5-6-7-8-9-10-17(19)22-16-13-11-15(12-14-16)18(20)21-2/h11-14,17,19H,3-10H2,1-2H3. The molecule has 0 fully saturated rings. The number of hydrogen-bond acceptors (Lipinski definition) is 4. The minimum atomic E-state index is -0.792. The van der Waals surface area contributed by atoms with Crippen LogP contribution in [0.1, 0.15) is 68.6 Å². The summed E-state index contributed by atoms with van der Waals surface area (Å²) in [6.45, 7) is 2.21. The van der Waals surface area contributed by atoms with Gasteiger partial charge in [0.1, 0.15) is 5.75 Å². The maximum absolute atomic E-state index is 11.3. The fraction of sp³-hybridized carbons (Fsp3) is 0.611. The molecule has 1 aromatic carbocycles. The highest BCUT2D eigenvalue weighted by Crippen LogP contribution is 2.16. The molecule has 0 amide bonds. The average molecular weight is 308 g/mol. The summed E-state index contributed by atoms with van der Waals surface area (Å²) in [7, 11) is 1.35. The lowest BCUT2D eigenvalue weighted by Gasteiger charge is -2.13. The van der Waals surface area contributed by atoms with Crippen LogP contribution in [0.25, 0.3) is 0 Å². The molecule has 0 aromatic heterocycles. The Morgan fingerprint density at radius 1 is 1.05 bits per heavy atom. The summed E-state index contributed by atoms with van der Waals surface area (Å²) in [5.41, 5.74) is 0.469. The van der Waals surface area contributed by atoms with Crippen LogP contribution in [0.15, 0.2) is 24.3 Å². The van der Waals surface area contributed by atoms with Crippen molar-refractivity contribution in [2.45, 2.75) is 64.6 Å². The van der Waals surface area contributed by atoms with E-state index in [2.05, 4.69) is 11.7 Å². The maximum atomic E-state index is 11.3. The molecule has 1 rings (SSSR count). The predicted molar refractivity (Wildman–Crippen MR) is 87.0 cm³/mol. The Bertz CT molecular complexity index is 414. The largest absolute Gasteiger partial charge is 0.465 e. The van der Waals surface area contributed by atoms with Crippen LogP contribution in [0.3, 0.4) is 0 Å². The number of unbranched alkanes of at least 4 members (excludes halogenated alkanes) is 6. The molecule has 0 aliphatic rings. The number of aliphatic hydroxyl groups is 1. The number of esters is 1. The molecule has 0 aliphatic heterocycles. The van der Waals surface area contributed by atoms with Crippen LogP contribution in [-0.2, 0) is 4.74 Å². The van der Waals surface area contributed by atoms with Gasteiger partial charge in [-0.25, -0.2) is 4.79 Å². The van der Waals surface area contributed by atoms with Gasteiger partial charge in [0.15, 0.2) is 6.29 Å². The van der Waals surface area contributed by atoms with Crippen molar-refractivity contribution in [3.05, 3.63) is 29.8 Å². The van der Waals surface area contributed by atoms with E-state index in [4.69, 9.17) is 4.74 Å². The number of carbonyl (C=O) groups is 1. The van der Waals surface area contributed by atoms with Crippen molar-refractivity contribution in [2.24, 2.45) is 0 Å². The lowest BCUT2D eigenvalue weighted by atomic mass is 10.1. The van der Waals surface area contributed by atoms with E-state index in [9.17, 15) is 9.90 Å². The molecule has 124 valence electrons. The number of rotatable bonds is 11. The molecule has 0 spiro atoms. The SMILES string of the molecule is CCCCCCCCCC(O)Oc1ccc(C(=O)OC)cc1. The molecule has 4 heteroatoms. The fourth-order valence-corrected chi connectivity index (χ4v) is 2.28. The van der Waals surface area contributed by atoms with E-state index in [1.54, 1.807) is 24.3 Å². The van der Waals surface area contributed by atoms with Crippen LogP contribution in [0.2, 0.25) is 0 Å². The summed E-state index contributed by atoms with van der Waals surface area (Å²) in [6.07, 6.45) is 8.32. The third kappa shape index (κ3) is 7.46. The number of methoxy groups -OCH3 is 1. The molecule has 0 bridgehead atoms. The summed E-state index contributed by atoms with van der Waals surface area (Å²) in [5, 5.41) is 9.85. The van der Waals surface area contributed by atoms with Gasteiger partial charge in [0.25, 0.3) is 0 Å². The molecule has 0 saturated heterocycles. The predicted octanol–water partition coefficient (Wildman–Crippen LogP) is 4.31. The topological polar surface area (TPSA) is 55.8 Å². The quantitative estimate of drug-likeness (QED) is 0.376. The van der Waals surface area contributed by atoms with Gasteiger partial charge in [-0.2, -0.15) is 0 Å². The first-order valence-electron chi connectivity index (χ1n) is 8.20. The fourth-order valence-electron chi connectivity index (χ4n) is 2.28. The second-order valence-electron chi connectivity index (χ2n) is 5.50. The first-order chi connectivity index (χ1) is 10.7. The van der Waals surface area contributed by atoms with Gasteiger partial charge in [-0.05, 0) is 30.7 Å². The zero-order chi connectivity index (χ0) is 16.2. The van der Waals surface area contributed by atoms with Crippen molar-refractivity contribution in [2.75, 3.05) is 7.11 Å². The van der Waals surface area contributed by atoms with Crippen LogP contribution in [0, 0.1) is 0 Å². The van der Waals surface area contributed by atoms with Gasteiger partial charge in [-0.1, -0.05) is 45.4 Å². The third-order valence-corrected chi connectivity index (χ3v) is 3.60. The summed E-state index contributed by atoms with van der Waals surface area (Å²) < 4.78 is 10.1. The van der Waals surface area contributed by atoms with E-state index in [0.29, 0.717) is 17.7 Å². The van der Waals surface area contributed by atoms with Crippen molar-refractivity contribution in [3.8, 4) is 5.75 Å². The van der Waals surface area contributed by atoms with E-state index in [1.165, 1.54) is 39.2 Å². The Hall–Kier alpha value is -1.55. The summed E-state index contributed by atoms with van der Waals surface area (Å²) in [6, 6.07) is 6.59. The van der Waals surface area contributed by atoms with Crippen LogP contribution in [-0.4, -0.2) is 24.5 Å². The van der Waals surface area contributed by atoms with Gasteiger partial charge < -0.3 is 14.6 Å². The molecule has 1 unspecified atom stereocenters. The zero-order valence-electron chi connectivity index (χ0n) is 13.7. The first-order valence-corrected chi connectivity index (χ1v) is 8.20. The minimum absolute atomic E-state index is 0.379. The van der Waals surface area contributed by atoms with E-state index < -0.39 is 6.29 Å². The molecular weight excluding hydrogens is 280 g/mol. The van der Waals surface area contributed by atoms with Crippen molar-refractivity contribution in [1.82, 2.24) is 0 Å². The highest BCUT2D eigenvalue weighted by atomic mass is 16.6. The number of ether oxygens (including phenoxy) is 2. The van der Waals surface area contributed by atoms with Crippen molar-refractivity contribution in [3.63, 3.8) is 0 Å².